The molecule has 0 aliphatic carbocycles. The second-order valence-electron chi connectivity index (χ2n) is 5.60. The van der Waals surface area contributed by atoms with Gasteiger partial charge < -0.3 is 10.4 Å². The predicted octanol–water partition coefficient (Wildman–Crippen LogP) is -0.208. The average Bonchev–Trinajstić information content (AvgIpc) is 2.92. The van der Waals surface area contributed by atoms with E-state index in [1.165, 1.54) is 10.8 Å². The first-order valence-electron chi connectivity index (χ1n) is 7.26. The Bertz CT molecular complexity index is 719. The lowest BCUT2D eigenvalue weighted by Crippen LogP contribution is -2.41. The van der Waals surface area contributed by atoms with Crippen LogP contribution in [0, 0.1) is 12.8 Å². The van der Waals surface area contributed by atoms with Crippen LogP contribution < -0.4 is 10.9 Å². The van der Waals surface area contributed by atoms with Gasteiger partial charge in [0, 0.05) is 12.0 Å². The highest BCUT2D eigenvalue weighted by atomic mass is 16.3. The molecule has 1 atom stereocenters. The van der Waals surface area contributed by atoms with Crippen molar-refractivity contribution in [1.82, 2.24) is 24.9 Å². The van der Waals surface area contributed by atoms with Crippen LogP contribution in [0.5, 0.6) is 0 Å². The lowest BCUT2D eigenvalue weighted by molar-refractivity contribution is -0.122. The summed E-state index contributed by atoms with van der Waals surface area (Å²) in [6, 6.07) is -0.275. The van der Waals surface area contributed by atoms with E-state index in [2.05, 4.69) is 20.4 Å². The molecule has 0 saturated heterocycles. The van der Waals surface area contributed by atoms with Crippen LogP contribution in [0.25, 0.3) is 5.78 Å². The molecule has 2 rings (SSSR count). The van der Waals surface area contributed by atoms with Crippen LogP contribution in [0.4, 0.5) is 0 Å². The molecule has 2 aromatic heterocycles. The van der Waals surface area contributed by atoms with Crippen LogP contribution in [-0.2, 0) is 11.2 Å². The van der Waals surface area contributed by atoms with Crippen molar-refractivity contribution in [3.05, 3.63) is 27.9 Å². The maximum Gasteiger partial charge on any atom is 0.277 e. The van der Waals surface area contributed by atoms with Gasteiger partial charge in [-0.25, -0.2) is 9.97 Å². The molecule has 0 fully saturated rings. The minimum absolute atomic E-state index is 0.104. The number of aliphatic hydroxyl groups excluding tert-OH is 1. The molecule has 0 aliphatic rings. The smallest absolute Gasteiger partial charge is 0.277 e. The number of aliphatic hydroxyl groups is 1. The summed E-state index contributed by atoms with van der Waals surface area (Å²) in [7, 11) is 0. The van der Waals surface area contributed by atoms with Crippen LogP contribution in [0.15, 0.2) is 11.1 Å². The number of aromatic amines is 1. The first-order chi connectivity index (χ1) is 10.4. The molecule has 3 N–H and O–H groups in total. The largest absolute Gasteiger partial charge is 0.394 e. The normalized spacial score (nSPS) is 12.8. The van der Waals surface area contributed by atoms with E-state index < -0.39 is 0 Å². The number of rotatable bonds is 6. The first-order valence-corrected chi connectivity index (χ1v) is 7.26. The highest BCUT2D eigenvalue weighted by molar-refractivity contribution is 5.76. The third-order valence-electron chi connectivity index (χ3n) is 3.68. The fourth-order valence-corrected chi connectivity index (χ4v) is 2.22. The number of nitrogens with zero attached hydrogens (tertiary/aromatic N) is 3. The molecular formula is C14H21N5O3. The van der Waals surface area contributed by atoms with Crippen LogP contribution in [0.2, 0.25) is 0 Å². The van der Waals surface area contributed by atoms with Crippen LogP contribution in [0.3, 0.4) is 0 Å². The van der Waals surface area contributed by atoms with Crippen molar-refractivity contribution in [3.8, 4) is 0 Å². The van der Waals surface area contributed by atoms with Gasteiger partial charge in [-0.15, -0.1) is 0 Å². The topological polar surface area (TPSA) is 112 Å². The molecule has 0 saturated carbocycles. The molecule has 0 radical (unpaired) electrons. The predicted molar refractivity (Wildman–Crippen MR) is 80.5 cm³/mol. The highest BCUT2D eigenvalue weighted by Crippen LogP contribution is 2.05. The molecular weight excluding hydrogens is 286 g/mol. The van der Waals surface area contributed by atoms with Crippen LogP contribution >= 0.6 is 0 Å². The van der Waals surface area contributed by atoms with Crippen molar-refractivity contribution < 1.29 is 9.90 Å². The van der Waals surface area contributed by atoms with Gasteiger partial charge in [-0.1, -0.05) is 13.8 Å². The van der Waals surface area contributed by atoms with Crippen molar-refractivity contribution >= 4 is 11.7 Å². The van der Waals surface area contributed by atoms with Crippen LogP contribution in [0.1, 0.15) is 31.5 Å². The van der Waals surface area contributed by atoms with E-state index in [0.29, 0.717) is 23.5 Å². The van der Waals surface area contributed by atoms with Gasteiger partial charge in [-0.2, -0.15) is 4.52 Å². The molecule has 0 unspecified atom stereocenters. The highest BCUT2D eigenvalue weighted by Gasteiger charge is 2.17. The molecule has 2 heterocycles. The monoisotopic (exact) mass is 307 g/mol. The number of carbonyl (C=O) groups excluding carboxylic acids is 1. The number of carbonyl (C=O) groups is 1. The number of amides is 1. The summed E-state index contributed by atoms with van der Waals surface area (Å²) in [5.41, 5.74) is 0.824. The zero-order chi connectivity index (χ0) is 16.3. The number of hydrogen-bond acceptors (Lipinski definition) is 5. The van der Waals surface area contributed by atoms with Gasteiger partial charge >= 0.3 is 0 Å². The number of fused-ring (bicyclic) bond motifs is 1. The Labute approximate surface area is 127 Å². The molecule has 120 valence electrons. The Balaban J connectivity index is 2.08. The SMILES string of the molecule is Cc1nc2nc[nH]n2c(=O)c1CCC(=O)N[C@H](CO)C(C)C. The third-order valence-corrected chi connectivity index (χ3v) is 3.68. The Morgan fingerprint density at radius 2 is 2.23 bits per heavy atom. The van der Waals surface area contributed by atoms with E-state index in [-0.39, 0.29) is 36.5 Å². The summed E-state index contributed by atoms with van der Waals surface area (Å²) < 4.78 is 1.25. The molecule has 8 heteroatoms. The van der Waals surface area contributed by atoms with Crippen molar-refractivity contribution in [3.63, 3.8) is 0 Å². The quantitative estimate of drug-likeness (QED) is 0.683. The number of aromatic nitrogens is 4. The van der Waals surface area contributed by atoms with Gasteiger partial charge in [-0.3, -0.25) is 14.7 Å². The summed E-state index contributed by atoms with van der Waals surface area (Å²) in [5.74, 6) is 0.265. The van der Waals surface area contributed by atoms with E-state index in [0.717, 1.165) is 0 Å². The maximum absolute atomic E-state index is 12.3. The van der Waals surface area contributed by atoms with E-state index in [4.69, 9.17) is 0 Å². The standard InChI is InChI=1S/C14H21N5O3/c1-8(2)11(6-20)18-12(21)5-4-10-9(3)17-14-15-7-16-19(14)13(10)22/h7-8,11,20H,4-6H2,1-3H3,(H,18,21)(H,15,16,17)/t11-/m1/s1. The Morgan fingerprint density at radius 1 is 1.50 bits per heavy atom. The van der Waals surface area contributed by atoms with E-state index in [1.54, 1.807) is 6.92 Å². The van der Waals surface area contributed by atoms with Crippen molar-refractivity contribution in [2.45, 2.75) is 39.7 Å². The Kier molecular flexibility index (Phi) is 4.92. The molecule has 8 nitrogen and oxygen atoms in total. The molecule has 0 aliphatic heterocycles. The Hall–Kier alpha value is -2.22. The summed E-state index contributed by atoms with van der Waals surface area (Å²) in [6.07, 6.45) is 1.86. The molecule has 22 heavy (non-hydrogen) atoms. The molecule has 2 aromatic rings. The number of nitrogens with one attached hydrogen (secondary N) is 2. The van der Waals surface area contributed by atoms with E-state index in [9.17, 15) is 14.7 Å². The van der Waals surface area contributed by atoms with Crippen molar-refractivity contribution in [2.24, 2.45) is 5.92 Å². The minimum atomic E-state index is -0.275. The molecule has 0 aromatic carbocycles. The second kappa shape index (κ2) is 6.69. The fourth-order valence-electron chi connectivity index (χ4n) is 2.22. The van der Waals surface area contributed by atoms with Gasteiger partial charge in [0.1, 0.15) is 6.33 Å². The number of aryl methyl sites for hydroxylation is 1. The summed E-state index contributed by atoms with van der Waals surface area (Å²) >= 11 is 0. The lowest BCUT2D eigenvalue weighted by atomic mass is 10.0. The molecule has 1 amide bonds. The van der Waals surface area contributed by atoms with E-state index in [1.807, 2.05) is 13.8 Å². The number of hydrogen-bond donors (Lipinski definition) is 3. The van der Waals surface area contributed by atoms with Gasteiger partial charge in [0.15, 0.2) is 0 Å². The number of H-pyrrole nitrogens is 1. The average molecular weight is 307 g/mol. The Morgan fingerprint density at radius 3 is 2.86 bits per heavy atom. The maximum atomic E-state index is 12.3. The van der Waals surface area contributed by atoms with Gasteiger partial charge in [0.05, 0.1) is 18.3 Å². The first kappa shape index (κ1) is 16.2. The van der Waals surface area contributed by atoms with Crippen LogP contribution in [-0.4, -0.2) is 43.2 Å². The van der Waals surface area contributed by atoms with Gasteiger partial charge in [-0.05, 0) is 19.3 Å². The summed E-state index contributed by atoms with van der Waals surface area (Å²) in [5, 5.41) is 14.7. The fraction of sp³-hybridized carbons (Fsp3) is 0.571. The lowest BCUT2D eigenvalue weighted by Gasteiger charge is -2.19. The van der Waals surface area contributed by atoms with E-state index >= 15 is 0 Å². The zero-order valence-corrected chi connectivity index (χ0v) is 13.0. The summed E-state index contributed by atoms with van der Waals surface area (Å²) in [4.78, 5) is 32.4. The van der Waals surface area contributed by atoms with Crippen molar-refractivity contribution in [2.75, 3.05) is 6.61 Å². The summed E-state index contributed by atoms with van der Waals surface area (Å²) in [6.45, 7) is 5.47. The third kappa shape index (κ3) is 3.33. The van der Waals surface area contributed by atoms with Crippen molar-refractivity contribution in [1.29, 1.82) is 0 Å². The molecule has 0 spiro atoms. The zero-order valence-electron chi connectivity index (χ0n) is 13.0. The minimum Gasteiger partial charge on any atom is -0.394 e. The molecule has 0 bridgehead atoms. The van der Waals surface area contributed by atoms with Gasteiger partial charge in [0.2, 0.25) is 5.91 Å². The second-order valence-corrected chi connectivity index (χ2v) is 5.60. The van der Waals surface area contributed by atoms with Gasteiger partial charge in [0.25, 0.3) is 11.3 Å².